The highest BCUT2D eigenvalue weighted by atomic mass is 16.5. The van der Waals surface area contributed by atoms with Gasteiger partial charge in [0.25, 0.3) is 0 Å². The van der Waals surface area contributed by atoms with Crippen molar-refractivity contribution in [3.8, 4) is 39.7 Å². The van der Waals surface area contributed by atoms with Gasteiger partial charge in [0.05, 0.1) is 0 Å². The summed E-state index contributed by atoms with van der Waals surface area (Å²) >= 11 is 0. The molecule has 0 spiro atoms. The molecule has 0 radical (unpaired) electrons. The fraction of sp³-hybridized carbons (Fsp3) is 0.0377. The molecule has 0 saturated carbocycles. The Labute approximate surface area is 337 Å². The highest BCUT2D eigenvalue weighted by Gasteiger charge is 2.34. The van der Waals surface area contributed by atoms with Crippen LogP contribution < -0.4 is 4.74 Å². The minimum atomic E-state index is -0.0733. The molecule has 2 atom stereocenters. The summed E-state index contributed by atoms with van der Waals surface area (Å²) in [7, 11) is 0. The maximum Gasteiger partial charge on any atom is 0.164 e. The first-order chi connectivity index (χ1) is 29.2. The topological polar surface area (TPSA) is 74.2 Å². The summed E-state index contributed by atoms with van der Waals surface area (Å²) in [6, 6.07) is 54.5. The number of fused-ring (bicyclic) bond motifs is 12. The Balaban J connectivity index is 1.07. The lowest BCUT2D eigenvalue weighted by Crippen LogP contribution is -2.17. The largest absolute Gasteiger partial charge is 0.485 e. The van der Waals surface area contributed by atoms with Gasteiger partial charge in [-0.25, -0.2) is 15.0 Å². The van der Waals surface area contributed by atoms with Gasteiger partial charge in [-0.15, -0.1) is 0 Å². The average molecular weight is 758 g/mol. The maximum absolute atomic E-state index is 6.70. The zero-order valence-corrected chi connectivity index (χ0v) is 31.5. The first kappa shape index (κ1) is 32.3. The summed E-state index contributed by atoms with van der Waals surface area (Å²) in [4.78, 5) is 15.8. The molecule has 0 bridgehead atoms. The molecule has 2 aliphatic rings. The van der Waals surface area contributed by atoms with Crippen molar-refractivity contribution >= 4 is 71.0 Å². The van der Waals surface area contributed by atoms with E-state index in [1.807, 2.05) is 42.5 Å². The van der Waals surface area contributed by atoms with Crippen LogP contribution in [0.25, 0.3) is 105 Å². The van der Waals surface area contributed by atoms with Gasteiger partial charge in [-0.1, -0.05) is 133 Å². The number of ether oxygens (including phenoxy) is 1. The molecule has 3 aromatic heterocycles. The third kappa shape index (κ3) is 4.90. The van der Waals surface area contributed by atoms with E-state index in [0.29, 0.717) is 17.5 Å². The van der Waals surface area contributed by atoms with Gasteiger partial charge in [0.1, 0.15) is 34.2 Å². The number of para-hydroxylation sites is 2. The van der Waals surface area contributed by atoms with Crippen LogP contribution in [-0.4, -0.2) is 21.1 Å². The fourth-order valence-corrected chi connectivity index (χ4v) is 9.33. The molecule has 59 heavy (non-hydrogen) atoms. The third-order valence-electron chi connectivity index (χ3n) is 12.0. The summed E-state index contributed by atoms with van der Waals surface area (Å²) in [5, 5.41) is 8.55. The van der Waals surface area contributed by atoms with Crippen LogP contribution in [0.4, 0.5) is 0 Å². The second-order valence-corrected chi connectivity index (χ2v) is 15.4. The molecule has 0 amide bonds. The van der Waals surface area contributed by atoms with Gasteiger partial charge in [0.2, 0.25) is 0 Å². The maximum atomic E-state index is 6.70. The van der Waals surface area contributed by atoms with Crippen LogP contribution >= 0.6 is 0 Å². The molecule has 6 heteroatoms. The standard InChI is InChI=1S/C53H31N3O3/c1-2-12-31-27-33(24-23-30(31)11-1)51-54-52(34-25-26-44-40(29-34)36-15-5-7-19-42(36)57-44)56-53(55-51)39-18-10-22-46-49(39)48-37(17-9-21-45(48)58-46)41-28-32-13-3-4-14-35(32)50-47(41)38-16-6-8-20-43(38)59-50/h1-29,40,44H. The monoisotopic (exact) mass is 757 g/mol. The van der Waals surface area contributed by atoms with Crippen molar-refractivity contribution in [1.82, 2.24) is 15.0 Å². The molecule has 0 fully saturated rings. The summed E-state index contributed by atoms with van der Waals surface area (Å²) in [6.07, 6.45) is 6.38. The van der Waals surface area contributed by atoms with E-state index < -0.39 is 0 Å². The van der Waals surface area contributed by atoms with Crippen molar-refractivity contribution in [2.24, 2.45) is 0 Å². The Morgan fingerprint density at radius 3 is 2.05 bits per heavy atom. The Morgan fingerprint density at radius 1 is 0.458 bits per heavy atom. The highest BCUT2D eigenvalue weighted by molar-refractivity contribution is 6.25. The van der Waals surface area contributed by atoms with E-state index in [1.54, 1.807) is 0 Å². The van der Waals surface area contributed by atoms with Crippen molar-refractivity contribution < 1.29 is 13.6 Å². The van der Waals surface area contributed by atoms with Crippen LogP contribution in [0.5, 0.6) is 5.75 Å². The average Bonchev–Trinajstić information content (AvgIpc) is 4.00. The van der Waals surface area contributed by atoms with Gasteiger partial charge in [-0.3, -0.25) is 0 Å². The van der Waals surface area contributed by atoms with Crippen LogP contribution in [0.2, 0.25) is 0 Å². The van der Waals surface area contributed by atoms with Crippen LogP contribution in [0, 0.1) is 0 Å². The van der Waals surface area contributed by atoms with Crippen LogP contribution in [0.15, 0.2) is 185 Å². The number of hydrogen-bond donors (Lipinski definition) is 0. The number of aromatic nitrogens is 3. The number of nitrogens with zero attached hydrogens (tertiary/aromatic N) is 3. The molecule has 2 unspecified atom stereocenters. The summed E-state index contributed by atoms with van der Waals surface area (Å²) in [5.74, 6) is 2.74. The Morgan fingerprint density at radius 2 is 1.15 bits per heavy atom. The van der Waals surface area contributed by atoms with Gasteiger partial charge in [0.15, 0.2) is 17.5 Å². The first-order valence-electron chi connectivity index (χ1n) is 19.9. The molecule has 0 saturated heterocycles. The Bertz CT molecular complexity index is 3630. The smallest absolute Gasteiger partial charge is 0.164 e. The van der Waals surface area contributed by atoms with Crippen molar-refractivity contribution in [3.05, 3.63) is 187 Å². The van der Waals surface area contributed by atoms with Crippen molar-refractivity contribution in [2.75, 3.05) is 0 Å². The fourth-order valence-electron chi connectivity index (χ4n) is 9.33. The van der Waals surface area contributed by atoms with Crippen molar-refractivity contribution in [3.63, 3.8) is 0 Å². The van der Waals surface area contributed by atoms with E-state index in [0.717, 1.165) is 99.0 Å². The summed E-state index contributed by atoms with van der Waals surface area (Å²) in [6.45, 7) is 0. The number of hydrogen-bond acceptors (Lipinski definition) is 6. The van der Waals surface area contributed by atoms with Crippen LogP contribution in [-0.2, 0) is 0 Å². The molecule has 276 valence electrons. The van der Waals surface area contributed by atoms with Gasteiger partial charge in [-0.05, 0) is 69.8 Å². The minimum Gasteiger partial charge on any atom is -0.485 e. The second-order valence-electron chi connectivity index (χ2n) is 15.4. The zero-order chi connectivity index (χ0) is 38.6. The lowest BCUT2D eigenvalue weighted by Gasteiger charge is -2.18. The van der Waals surface area contributed by atoms with E-state index in [4.69, 9.17) is 28.5 Å². The number of benzene rings is 8. The van der Waals surface area contributed by atoms with E-state index in [-0.39, 0.29) is 12.0 Å². The van der Waals surface area contributed by atoms with Crippen LogP contribution in [0.3, 0.4) is 0 Å². The van der Waals surface area contributed by atoms with E-state index in [1.165, 1.54) is 5.56 Å². The molecule has 6 nitrogen and oxygen atoms in total. The van der Waals surface area contributed by atoms with Gasteiger partial charge >= 0.3 is 0 Å². The Kier molecular flexibility index (Phi) is 6.75. The molecule has 4 heterocycles. The second kappa shape index (κ2) is 12.3. The zero-order valence-electron chi connectivity index (χ0n) is 31.5. The van der Waals surface area contributed by atoms with Gasteiger partial charge in [0, 0.05) is 55.1 Å². The predicted molar refractivity (Wildman–Crippen MR) is 236 cm³/mol. The predicted octanol–water partition coefficient (Wildman–Crippen LogP) is 13.5. The quantitative estimate of drug-likeness (QED) is 0.178. The van der Waals surface area contributed by atoms with E-state index >= 15 is 0 Å². The summed E-state index contributed by atoms with van der Waals surface area (Å²) in [5.41, 5.74) is 9.26. The normalized spacial score (nSPS) is 16.0. The molecule has 8 aromatic carbocycles. The van der Waals surface area contributed by atoms with Gasteiger partial charge in [-0.2, -0.15) is 0 Å². The molecule has 11 aromatic rings. The van der Waals surface area contributed by atoms with Crippen molar-refractivity contribution in [2.45, 2.75) is 12.0 Å². The van der Waals surface area contributed by atoms with Crippen molar-refractivity contribution in [1.29, 1.82) is 0 Å². The molecular formula is C53H31N3O3. The van der Waals surface area contributed by atoms with E-state index in [2.05, 4.69) is 133 Å². The number of rotatable bonds is 4. The lowest BCUT2D eigenvalue weighted by atomic mass is 9.89. The first-order valence-corrected chi connectivity index (χ1v) is 19.9. The summed E-state index contributed by atoms with van der Waals surface area (Å²) < 4.78 is 19.7. The lowest BCUT2D eigenvalue weighted by molar-refractivity contribution is 0.269. The molecular weight excluding hydrogens is 727 g/mol. The number of furan rings is 2. The van der Waals surface area contributed by atoms with Gasteiger partial charge < -0.3 is 13.6 Å². The third-order valence-corrected chi connectivity index (χ3v) is 12.0. The molecule has 1 aliphatic heterocycles. The molecule has 13 rings (SSSR count). The van der Waals surface area contributed by atoms with Crippen LogP contribution in [0.1, 0.15) is 17.3 Å². The highest BCUT2D eigenvalue weighted by Crippen LogP contribution is 2.47. The molecule has 0 N–H and O–H groups in total. The molecule has 1 aliphatic carbocycles. The Hall–Kier alpha value is -7.83. The number of allylic oxidation sites excluding steroid dienone is 2. The minimum absolute atomic E-state index is 0.0529. The SMILES string of the molecule is C1=CC2Oc3ccccc3C2C=C1c1nc(-c2ccc3ccccc3c2)nc(-c2cccc3oc4cccc(-c5cc6ccccc6c6oc7ccccc7c56)c4c23)n1. The van der Waals surface area contributed by atoms with E-state index in [9.17, 15) is 0 Å².